The van der Waals surface area contributed by atoms with Gasteiger partial charge in [0.2, 0.25) is 0 Å². The van der Waals surface area contributed by atoms with E-state index in [4.69, 9.17) is 18.9 Å². The Hall–Kier alpha value is -4.14. The van der Waals surface area contributed by atoms with Crippen LogP contribution in [0.2, 0.25) is 0 Å². The molecule has 4 atom stereocenters. The van der Waals surface area contributed by atoms with Gasteiger partial charge in [-0.25, -0.2) is 9.59 Å². The second kappa shape index (κ2) is 12.8. The van der Waals surface area contributed by atoms with Crippen molar-refractivity contribution in [3.8, 4) is 22.6 Å². The summed E-state index contributed by atoms with van der Waals surface area (Å²) < 4.78 is 22.9. The van der Waals surface area contributed by atoms with Crippen LogP contribution in [0.15, 0.2) is 72.8 Å². The number of hydrogen-bond acceptors (Lipinski definition) is 6. The van der Waals surface area contributed by atoms with Crippen LogP contribution in [0.3, 0.4) is 0 Å². The molecule has 4 unspecified atom stereocenters. The second-order valence-corrected chi connectivity index (χ2v) is 9.94. The van der Waals surface area contributed by atoms with E-state index in [1.54, 1.807) is 26.0 Å². The van der Waals surface area contributed by atoms with Crippen LogP contribution in [0.25, 0.3) is 32.7 Å². The predicted octanol–water partition coefficient (Wildman–Crippen LogP) is 5.89. The standard InChI is InChI=1S/C32H34O8/c1-19(17-37-3)29(31(33)34)39-25-15-13-21-9-5-7-11-23(21)27(25)28-24-12-8-6-10-22(24)14-16-26(28)40-30(32(35)36)20(2)18-38-4/h5-16,19-20,29-30H,17-18H2,1-4H3,(H,33,34)(H,35,36). The summed E-state index contributed by atoms with van der Waals surface area (Å²) in [5.74, 6) is -2.44. The molecule has 0 fully saturated rings. The highest BCUT2D eigenvalue weighted by Gasteiger charge is 2.31. The number of methoxy groups -OCH3 is 2. The van der Waals surface area contributed by atoms with Gasteiger partial charge in [-0.1, -0.05) is 74.5 Å². The number of carboxylic acids is 2. The first kappa shape index (κ1) is 28.9. The molecule has 0 aliphatic heterocycles. The largest absolute Gasteiger partial charge is 0.478 e. The number of benzene rings is 4. The normalized spacial score (nSPS) is 14.4. The van der Waals surface area contributed by atoms with E-state index in [2.05, 4.69) is 0 Å². The SMILES string of the molecule is COCC(C)C(Oc1ccc2ccccc2c1-c1c(OC(C(=O)O)C(C)COC)ccc2ccccc12)C(=O)O. The van der Waals surface area contributed by atoms with Gasteiger partial charge >= 0.3 is 11.9 Å². The van der Waals surface area contributed by atoms with Gasteiger partial charge < -0.3 is 29.2 Å². The highest BCUT2D eigenvalue weighted by Crippen LogP contribution is 2.46. The molecule has 0 saturated carbocycles. The lowest BCUT2D eigenvalue weighted by Crippen LogP contribution is -2.36. The molecule has 0 spiro atoms. The molecule has 40 heavy (non-hydrogen) atoms. The lowest BCUT2D eigenvalue weighted by Gasteiger charge is -2.26. The van der Waals surface area contributed by atoms with Crippen molar-refractivity contribution in [1.29, 1.82) is 0 Å². The smallest absolute Gasteiger partial charge is 0.345 e. The zero-order valence-electron chi connectivity index (χ0n) is 23.0. The average molecular weight is 547 g/mol. The second-order valence-electron chi connectivity index (χ2n) is 9.94. The molecule has 8 nitrogen and oxygen atoms in total. The van der Waals surface area contributed by atoms with E-state index < -0.39 is 36.0 Å². The molecule has 8 heteroatoms. The number of ether oxygens (including phenoxy) is 4. The minimum atomic E-state index is -1.19. The fraction of sp³-hybridized carbons (Fsp3) is 0.312. The van der Waals surface area contributed by atoms with Gasteiger partial charge in [-0.05, 0) is 33.7 Å². The molecule has 0 radical (unpaired) electrons. The van der Waals surface area contributed by atoms with Gasteiger partial charge in [-0.2, -0.15) is 0 Å². The topological polar surface area (TPSA) is 112 Å². The van der Waals surface area contributed by atoms with Crippen molar-refractivity contribution >= 4 is 33.5 Å². The monoisotopic (exact) mass is 546 g/mol. The number of rotatable bonds is 13. The van der Waals surface area contributed by atoms with Crippen molar-refractivity contribution in [3.05, 3.63) is 72.8 Å². The minimum absolute atomic E-state index is 0.195. The van der Waals surface area contributed by atoms with Crippen molar-refractivity contribution < 1.29 is 38.7 Å². The molecule has 4 rings (SSSR count). The third kappa shape index (κ3) is 6.03. The third-order valence-electron chi connectivity index (χ3n) is 6.92. The van der Waals surface area contributed by atoms with Crippen LogP contribution in [0, 0.1) is 11.8 Å². The van der Waals surface area contributed by atoms with Gasteiger partial charge in [-0.15, -0.1) is 0 Å². The molecule has 0 heterocycles. The van der Waals surface area contributed by atoms with Crippen molar-refractivity contribution in [2.45, 2.75) is 26.1 Å². The zero-order chi connectivity index (χ0) is 28.8. The molecule has 0 saturated heterocycles. The summed E-state index contributed by atoms with van der Waals surface area (Å²) in [5, 5.41) is 23.5. The summed E-state index contributed by atoms with van der Waals surface area (Å²) in [6.07, 6.45) is -2.37. The van der Waals surface area contributed by atoms with Gasteiger partial charge in [0.15, 0.2) is 12.2 Å². The van der Waals surface area contributed by atoms with E-state index >= 15 is 0 Å². The van der Waals surface area contributed by atoms with E-state index in [0.29, 0.717) is 22.6 Å². The van der Waals surface area contributed by atoms with Crippen molar-refractivity contribution in [1.82, 2.24) is 0 Å². The molecule has 0 aromatic heterocycles. The molecule has 0 bridgehead atoms. The lowest BCUT2D eigenvalue weighted by atomic mass is 9.92. The van der Waals surface area contributed by atoms with E-state index in [1.165, 1.54) is 14.2 Å². The first-order valence-corrected chi connectivity index (χ1v) is 13.1. The lowest BCUT2D eigenvalue weighted by molar-refractivity contribution is -0.149. The number of hydrogen-bond donors (Lipinski definition) is 2. The molecule has 0 aliphatic rings. The molecule has 4 aromatic rings. The van der Waals surface area contributed by atoms with Crippen LogP contribution in [-0.2, 0) is 19.1 Å². The first-order chi connectivity index (χ1) is 19.3. The maximum Gasteiger partial charge on any atom is 0.345 e. The Bertz CT molecular complexity index is 1380. The number of fused-ring (bicyclic) bond motifs is 2. The van der Waals surface area contributed by atoms with Crippen LogP contribution >= 0.6 is 0 Å². The molecule has 2 N–H and O–H groups in total. The summed E-state index contributed by atoms with van der Waals surface area (Å²) in [6, 6.07) is 22.6. The van der Waals surface area contributed by atoms with E-state index in [-0.39, 0.29) is 13.2 Å². The summed E-state index contributed by atoms with van der Waals surface area (Å²) in [7, 11) is 3.03. The Morgan fingerprint density at radius 1 is 0.625 bits per heavy atom. The predicted molar refractivity (Wildman–Crippen MR) is 153 cm³/mol. The van der Waals surface area contributed by atoms with Gasteiger partial charge in [0.05, 0.1) is 13.2 Å². The van der Waals surface area contributed by atoms with Gasteiger partial charge in [0.1, 0.15) is 11.5 Å². The summed E-state index contributed by atoms with van der Waals surface area (Å²) in [6.45, 7) is 3.90. The third-order valence-corrected chi connectivity index (χ3v) is 6.92. The van der Waals surface area contributed by atoms with Crippen LogP contribution in [-0.4, -0.2) is 61.8 Å². The van der Waals surface area contributed by atoms with Crippen molar-refractivity contribution in [2.24, 2.45) is 11.8 Å². The molecule has 0 amide bonds. The fourth-order valence-electron chi connectivity index (χ4n) is 5.01. The van der Waals surface area contributed by atoms with Crippen molar-refractivity contribution in [3.63, 3.8) is 0 Å². The van der Waals surface area contributed by atoms with Gasteiger partial charge in [-0.3, -0.25) is 0 Å². The Morgan fingerprint density at radius 2 is 1.00 bits per heavy atom. The van der Waals surface area contributed by atoms with Crippen LogP contribution in [0.4, 0.5) is 0 Å². The summed E-state index contributed by atoms with van der Waals surface area (Å²) in [4.78, 5) is 24.6. The maximum absolute atomic E-state index is 12.3. The Kier molecular flexibility index (Phi) is 9.24. The van der Waals surface area contributed by atoms with E-state index in [0.717, 1.165) is 21.5 Å². The molecule has 210 valence electrons. The van der Waals surface area contributed by atoms with E-state index in [9.17, 15) is 19.8 Å². The highest BCUT2D eigenvalue weighted by molar-refractivity contribution is 6.10. The van der Waals surface area contributed by atoms with Crippen LogP contribution in [0.1, 0.15) is 13.8 Å². The molecule has 4 aromatic carbocycles. The van der Waals surface area contributed by atoms with Gasteiger partial charge in [0.25, 0.3) is 0 Å². The molecule has 0 aliphatic carbocycles. The molecular weight excluding hydrogens is 512 g/mol. The van der Waals surface area contributed by atoms with Gasteiger partial charge in [0, 0.05) is 37.2 Å². The quantitative estimate of drug-likeness (QED) is 0.214. The Balaban J connectivity index is 2.00. The summed E-state index contributed by atoms with van der Waals surface area (Å²) >= 11 is 0. The molecular formula is C32H34O8. The first-order valence-electron chi connectivity index (χ1n) is 13.1. The Morgan fingerprint density at radius 3 is 1.35 bits per heavy atom. The number of carboxylic acid groups (broad SMARTS) is 2. The number of carbonyl (C=O) groups is 2. The van der Waals surface area contributed by atoms with Crippen LogP contribution < -0.4 is 9.47 Å². The minimum Gasteiger partial charge on any atom is -0.478 e. The summed E-state index contributed by atoms with van der Waals surface area (Å²) in [5.41, 5.74) is 1.23. The highest BCUT2D eigenvalue weighted by atomic mass is 16.5. The maximum atomic E-state index is 12.3. The van der Waals surface area contributed by atoms with Crippen molar-refractivity contribution in [2.75, 3.05) is 27.4 Å². The zero-order valence-corrected chi connectivity index (χ0v) is 23.0. The van der Waals surface area contributed by atoms with E-state index in [1.807, 2.05) is 60.7 Å². The van der Waals surface area contributed by atoms with Crippen LogP contribution in [0.5, 0.6) is 11.5 Å². The average Bonchev–Trinajstić information content (AvgIpc) is 2.94. The fourth-order valence-corrected chi connectivity index (χ4v) is 5.01. The number of aliphatic carboxylic acids is 2. The Labute approximate surface area is 233 Å².